The summed E-state index contributed by atoms with van der Waals surface area (Å²) in [6.45, 7) is 1.73. The highest BCUT2D eigenvalue weighted by Crippen LogP contribution is 2.19. The summed E-state index contributed by atoms with van der Waals surface area (Å²) in [5, 5.41) is 20.7. The van der Waals surface area contributed by atoms with E-state index in [9.17, 15) is 4.79 Å². The molecule has 0 aliphatic heterocycles. The number of carboxylic acid groups (broad SMARTS) is 1. The van der Waals surface area contributed by atoms with Crippen molar-refractivity contribution in [2.24, 2.45) is 0 Å². The topological polar surface area (TPSA) is 86.0 Å². The van der Waals surface area contributed by atoms with E-state index in [4.69, 9.17) is 10.4 Å². The third-order valence-corrected chi connectivity index (χ3v) is 2.59. The number of nitriles is 1. The first-order chi connectivity index (χ1) is 9.10. The molecule has 1 heterocycles. The van der Waals surface area contributed by atoms with Crippen molar-refractivity contribution in [1.82, 2.24) is 4.98 Å². The predicted molar refractivity (Wildman–Crippen MR) is 70.4 cm³/mol. The quantitative estimate of drug-likeness (QED) is 0.878. The Bertz CT molecular complexity index is 675. The monoisotopic (exact) mass is 253 g/mol. The van der Waals surface area contributed by atoms with Gasteiger partial charge in [0.2, 0.25) is 0 Å². The molecule has 0 saturated carbocycles. The van der Waals surface area contributed by atoms with Crippen LogP contribution in [0, 0.1) is 18.3 Å². The molecule has 0 atom stereocenters. The molecule has 94 valence electrons. The van der Waals surface area contributed by atoms with Crippen molar-refractivity contribution in [1.29, 1.82) is 5.26 Å². The molecule has 0 unspecified atom stereocenters. The van der Waals surface area contributed by atoms with E-state index in [1.807, 2.05) is 6.07 Å². The summed E-state index contributed by atoms with van der Waals surface area (Å²) in [7, 11) is 0. The maximum absolute atomic E-state index is 10.9. The molecule has 2 rings (SSSR count). The van der Waals surface area contributed by atoms with Crippen LogP contribution in [0.3, 0.4) is 0 Å². The highest BCUT2D eigenvalue weighted by Gasteiger charge is 2.07. The Morgan fingerprint density at radius 1 is 1.37 bits per heavy atom. The van der Waals surface area contributed by atoms with Gasteiger partial charge in [-0.05, 0) is 42.8 Å². The molecule has 2 N–H and O–H groups in total. The maximum Gasteiger partial charge on any atom is 0.335 e. The van der Waals surface area contributed by atoms with E-state index in [0.29, 0.717) is 17.1 Å². The van der Waals surface area contributed by atoms with Crippen molar-refractivity contribution in [2.75, 3.05) is 5.32 Å². The Labute approximate surface area is 110 Å². The number of nitrogens with zero attached hydrogens (tertiary/aromatic N) is 2. The first kappa shape index (κ1) is 12.6. The lowest BCUT2D eigenvalue weighted by molar-refractivity contribution is 0.0696. The normalized spacial score (nSPS) is 9.68. The molecule has 0 spiro atoms. The summed E-state index contributed by atoms with van der Waals surface area (Å²) in [6.07, 6.45) is 0. The van der Waals surface area contributed by atoms with Gasteiger partial charge < -0.3 is 10.4 Å². The lowest BCUT2D eigenvalue weighted by Crippen LogP contribution is -2.01. The molecule has 0 radical (unpaired) electrons. The third-order valence-electron chi connectivity index (χ3n) is 2.59. The van der Waals surface area contributed by atoms with Crippen LogP contribution in [0.2, 0.25) is 0 Å². The van der Waals surface area contributed by atoms with Gasteiger partial charge >= 0.3 is 5.97 Å². The minimum absolute atomic E-state index is 0.268. The van der Waals surface area contributed by atoms with E-state index in [1.165, 1.54) is 6.07 Å². The van der Waals surface area contributed by atoms with Gasteiger partial charge in [-0.25, -0.2) is 9.78 Å². The van der Waals surface area contributed by atoms with Gasteiger partial charge in [-0.1, -0.05) is 6.07 Å². The van der Waals surface area contributed by atoms with E-state index in [1.54, 1.807) is 37.3 Å². The molecular weight excluding hydrogens is 242 g/mol. The third kappa shape index (κ3) is 2.87. The van der Waals surface area contributed by atoms with E-state index < -0.39 is 5.97 Å². The van der Waals surface area contributed by atoms with Crippen LogP contribution in [-0.2, 0) is 0 Å². The standard InChI is InChI=1S/C14H11N3O2/c1-9-7-10(5-6-12(9)14(18)19)16-13-4-2-3-11(8-15)17-13/h2-7H,1H3,(H,16,17)(H,18,19). The van der Waals surface area contributed by atoms with Crippen LogP contribution < -0.4 is 5.32 Å². The van der Waals surface area contributed by atoms with Gasteiger partial charge in [-0.3, -0.25) is 0 Å². The average molecular weight is 253 g/mol. The fourth-order valence-electron chi connectivity index (χ4n) is 1.70. The van der Waals surface area contributed by atoms with Crippen LogP contribution in [-0.4, -0.2) is 16.1 Å². The molecule has 5 heteroatoms. The molecule has 0 bridgehead atoms. The molecule has 19 heavy (non-hydrogen) atoms. The molecule has 0 aliphatic rings. The zero-order valence-corrected chi connectivity index (χ0v) is 10.2. The summed E-state index contributed by atoms with van der Waals surface area (Å²) in [5.74, 6) is -0.407. The highest BCUT2D eigenvalue weighted by molar-refractivity contribution is 5.90. The van der Waals surface area contributed by atoms with Gasteiger partial charge in [0, 0.05) is 5.69 Å². The van der Waals surface area contributed by atoms with E-state index in [0.717, 1.165) is 5.69 Å². The van der Waals surface area contributed by atoms with Crippen LogP contribution >= 0.6 is 0 Å². The second-order valence-corrected chi connectivity index (χ2v) is 3.98. The minimum atomic E-state index is -0.950. The molecule has 0 amide bonds. The summed E-state index contributed by atoms with van der Waals surface area (Å²) in [5.41, 5.74) is 1.98. The van der Waals surface area contributed by atoms with Crippen molar-refractivity contribution in [3.63, 3.8) is 0 Å². The fourth-order valence-corrected chi connectivity index (χ4v) is 1.70. The maximum atomic E-state index is 10.9. The van der Waals surface area contributed by atoms with Crippen LogP contribution in [0.15, 0.2) is 36.4 Å². The first-order valence-corrected chi connectivity index (χ1v) is 5.58. The second-order valence-electron chi connectivity index (χ2n) is 3.98. The molecule has 1 aromatic carbocycles. The number of rotatable bonds is 3. The summed E-state index contributed by atoms with van der Waals surface area (Å²) < 4.78 is 0. The molecule has 0 fully saturated rings. The summed E-state index contributed by atoms with van der Waals surface area (Å²) >= 11 is 0. The number of aryl methyl sites for hydroxylation is 1. The molecular formula is C14H11N3O2. The largest absolute Gasteiger partial charge is 0.478 e. The van der Waals surface area contributed by atoms with Gasteiger partial charge in [-0.15, -0.1) is 0 Å². The Morgan fingerprint density at radius 3 is 2.79 bits per heavy atom. The van der Waals surface area contributed by atoms with Crippen LogP contribution in [0.5, 0.6) is 0 Å². The number of aromatic carboxylic acids is 1. The zero-order valence-electron chi connectivity index (χ0n) is 10.2. The number of aromatic nitrogens is 1. The minimum Gasteiger partial charge on any atom is -0.478 e. The van der Waals surface area contributed by atoms with Crippen molar-refractivity contribution < 1.29 is 9.90 Å². The highest BCUT2D eigenvalue weighted by atomic mass is 16.4. The van der Waals surface area contributed by atoms with Gasteiger partial charge in [-0.2, -0.15) is 5.26 Å². The molecule has 1 aromatic heterocycles. The Hall–Kier alpha value is -2.87. The number of carbonyl (C=O) groups is 1. The summed E-state index contributed by atoms with van der Waals surface area (Å²) in [4.78, 5) is 15.0. The van der Waals surface area contributed by atoms with Gasteiger partial charge in [0.25, 0.3) is 0 Å². The number of hydrogen-bond donors (Lipinski definition) is 2. The Balaban J connectivity index is 2.26. The van der Waals surface area contributed by atoms with Crippen molar-refractivity contribution in [3.05, 3.63) is 53.2 Å². The van der Waals surface area contributed by atoms with Crippen molar-refractivity contribution >= 4 is 17.5 Å². The van der Waals surface area contributed by atoms with Gasteiger partial charge in [0.15, 0.2) is 0 Å². The van der Waals surface area contributed by atoms with Crippen LogP contribution in [0.25, 0.3) is 0 Å². The second kappa shape index (κ2) is 5.19. The zero-order chi connectivity index (χ0) is 13.8. The number of carboxylic acids is 1. The van der Waals surface area contributed by atoms with Crippen LogP contribution in [0.1, 0.15) is 21.6 Å². The first-order valence-electron chi connectivity index (χ1n) is 5.58. The van der Waals surface area contributed by atoms with Crippen molar-refractivity contribution in [3.8, 4) is 6.07 Å². The Kier molecular flexibility index (Phi) is 3.44. The number of pyridine rings is 1. The van der Waals surface area contributed by atoms with E-state index in [-0.39, 0.29) is 5.56 Å². The van der Waals surface area contributed by atoms with Crippen molar-refractivity contribution in [2.45, 2.75) is 6.92 Å². The fraction of sp³-hybridized carbons (Fsp3) is 0.0714. The average Bonchev–Trinajstić information content (AvgIpc) is 2.38. The van der Waals surface area contributed by atoms with E-state index >= 15 is 0 Å². The number of nitrogens with one attached hydrogen (secondary N) is 1. The number of anilines is 2. The smallest absolute Gasteiger partial charge is 0.335 e. The SMILES string of the molecule is Cc1cc(Nc2cccc(C#N)n2)ccc1C(=O)O. The lowest BCUT2D eigenvalue weighted by atomic mass is 10.1. The Morgan fingerprint density at radius 2 is 2.16 bits per heavy atom. The molecule has 2 aromatic rings. The predicted octanol–water partition coefficient (Wildman–Crippen LogP) is 2.70. The van der Waals surface area contributed by atoms with Gasteiger partial charge in [0.05, 0.1) is 5.56 Å². The summed E-state index contributed by atoms with van der Waals surface area (Å²) in [6, 6.07) is 12.0. The molecule has 0 aliphatic carbocycles. The number of benzene rings is 1. The molecule has 5 nitrogen and oxygen atoms in total. The lowest BCUT2D eigenvalue weighted by Gasteiger charge is -2.08. The molecule has 0 saturated heterocycles. The van der Waals surface area contributed by atoms with E-state index in [2.05, 4.69) is 10.3 Å². The van der Waals surface area contributed by atoms with Crippen LogP contribution in [0.4, 0.5) is 11.5 Å². The number of hydrogen-bond acceptors (Lipinski definition) is 4. The van der Waals surface area contributed by atoms with Gasteiger partial charge in [0.1, 0.15) is 17.6 Å².